The first kappa shape index (κ1) is 21.9. The lowest BCUT2D eigenvalue weighted by Crippen LogP contribution is -2.39. The molecule has 0 fully saturated rings. The van der Waals surface area contributed by atoms with Gasteiger partial charge in [0.15, 0.2) is 5.13 Å². The molecule has 2 rings (SSSR count). The highest BCUT2D eigenvalue weighted by Gasteiger charge is 2.27. The molecule has 0 atom stereocenters. The number of sulfonamides is 1. The summed E-state index contributed by atoms with van der Waals surface area (Å²) in [5, 5.41) is 15.6. The number of nitro groups is 1. The fourth-order valence-electron chi connectivity index (χ4n) is 2.31. The van der Waals surface area contributed by atoms with Crippen molar-refractivity contribution in [3.63, 3.8) is 0 Å². The monoisotopic (exact) mass is 426 g/mol. The zero-order chi connectivity index (χ0) is 20.9. The molecule has 1 N–H and O–H groups in total. The van der Waals surface area contributed by atoms with E-state index in [9.17, 15) is 23.3 Å². The van der Waals surface area contributed by atoms with Crippen LogP contribution in [0.4, 0.5) is 10.8 Å². The summed E-state index contributed by atoms with van der Waals surface area (Å²) in [6, 6.07) is 4.62. The predicted molar refractivity (Wildman–Crippen MR) is 107 cm³/mol. The fourth-order valence-corrected chi connectivity index (χ4v) is 4.42. The van der Waals surface area contributed by atoms with Crippen LogP contribution in [-0.2, 0) is 14.8 Å². The number of aromatic nitrogens is 1. The van der Waals surface area contributed by atoms with Crippen molar-refractivity contribution in [2.24, 2.45) is 5.92 Å². The minimum absolute atomic E-state index is 0.0975. The number of thiazole rings is 1. The Morgan fingerprint density at radius 2 is 1.96 bits per heavy atom. The average molecular weight is 427 g/mol. The molecule has 0 radical (unpaired) electrons. The number of benzene rings is 1. The van der Waals surface area contributed by atoms with Crippen LogP contribution in [0.15, 0.2) is 34.5 Å². The van der Waals surface area contributed by atoms with Crippen LogP contribution in [-0.4, -0.2) is 41.6 Å². The van der Waals surface area contributed by atoms with E-state index >= 15 is 0 Å². The zero-order valence-corrected chi connectivity index (χ0v) is 17.4. The highest BCUT2D eigenvalue weighted by molar-refractivity contribution is 7.89. The molecule has 1 aromatic heterocycles. The maximum atomic E-state index is 13.0. The maximum Gasteiger partial charge on any atom is 0.269 e. The van der Waals surface area contributed by atoms with Crippen molar-refractivity contribution in [3.05, 3.63) is 45.5 Å². The highest BCUT2D eigenvalue weighted by Crippen LogP contribution is 2.21. The summed E-state index contributed by atoms with van der Waals surface area (Å²) in [5.41, 5.74) is 0.556. The second kappa shape index (κ2) is 9.22. The summed E-state index contributed by atoms with van der Waals surface area (Å²) in [6.07, 6.45) is 0.565. The van der Waals surface area contributed by atoms with Gasteiger partial charge in [0.05, 0.1) is 22.1 Å². The van der Waals surface area contributed by atoms with Crippen LogP contribution in [0.3, 0.4) is 0 Å². The van der Waals surface area contributed by atoms with Crippen molar-refractivity contribution < 1.29 is 18.1 Å². The Morgan fingerprint density at radius 1 is 1.32 bits per heavy atom. The summed E-state index contributed by atoms with van der Waals surface area (Å²) in [7, 11) is -3.99. The van der Waals surface area contributed by atoms with Crippen LogP contribution < -0.4 is 5.32 Å². The van der Waals surface area contributed by atoms with E-state index < -0.39 is 20.9 Å². The van der Waals surface area contributed by atoms with Gasteiger partial charge < -0.3 is 5.32 Å². The van der Waals surface area contributed by atoms with Gasteiger partial charge in [0, 0.05) is 24.1 Å². The molecule has 152 valence electrons. The van der Waals surface area contributed by atoms with E-state index in [1.807, 2.05) is 13.8 Å². The van der Waals surface area contributed by atoms with E-state index in [-0.39, 0.29) is 29.6 Å². The second-order valence-electron chi connectivity index (χ2n) is 6.61. The van der Waals surface area contributed by atoms with Gasteiger partial charge >= 0.3 is 0 Å². The van der Waals surface area contributed by atoms with Gasteiger partial charge in [-0.1, -0.05) is 13.8 Å². The predicted octanol–water partition coefficient (Wildman–Crippen LogP) is 3.04. The first-order chi connectivity index (χ1) is 13.1. The Labute approximate surface area is 167 Å². The maximum absolute atomic E-state index is 13.0. The van der Waals surface area contributed by atoms with E-state index in [0.717, 1.165) is 22.1 Å². The normalized spacial score (nSPS) is 11.8. The molecule has 0 bridgehead atoms. The third-order valence-electron chi connectivity index (χ3n) is 3.83. The molecule has 0 saturated heterocycles. The van der Waals surface area contributed by atoms with Gasteiger partial charge in [-0.2, -0.15) is 4.31 Å². The number of rotatable bonds is 9. The van der Waals surface area contributed by atoms with Crippen LogP contribution in [0.1, 0.15) is 26.0 Å². The summed E-state index contributed by atoms with van der Waals surface area (Å²) >= 11 is 1.26. The van der Waals surface area contributed by atoms with Crippen molar-refractivity contribution in [1.29, 1.82) is 0 Å². The number of carbonyl (C=O) groups is 1. The Kier molecular flexibility index (Phi) is 7.22. The van der Waals surface area contributed by atoms with Gasteiger partial charge in [-0.05, 0) is 31.4 Å². The fraction of sp³-hybridized carbons (Fsp3) is 0.412. The van der Waals surface area contributed by atoms with Crippen molar-refractivity contribution in [2.75, 3.05) is 18.4 Å². The van der Waals surface area contributed by atoms with Crippen molar-refractivity contribution in [2.45, 2.75) is 32.1 Å². The molecule has 1 amide bonds. The molecule has 1 aromatic carbocycles. The second-order valence-corrected chi connectivity index (χ2v) is 9.41. The molecular formula is C17H22N4O5S2. The number of hydrogen-bond acceptors (Lipinski definition) is 7. The molecule has 2 aromatic rings. The van der Waals surface area contributed by atoms with Crippen LogP contribution in [0, 0.1) is 23.0 Å². The third-order valence-corrected chi connectivity index (χ3v) is 6.56. The average Bonchev–Trinajstić information content (AvgIpc) is 3.03. The molecular weight excluding hydrogens is 404 g/mol. The highest BCUT2D eigenvalue weighted by atomic mass is 32.2. The Bertz CT molecular complexity index is 939. The Morgan fingerprint density at radius 3 is 2.46 bits per heavy atom. The molecule has 11 heteroatoms. The smallest absolute Gasteiger partial charge is 0.269 e. The van der Waals surface area contributed by atoms with Gasteiger partial charge in [0.2, 0.25) is 15.9 Å². The minimum Gasteiger partial charge on any atom is -0.301 e. The quantitative estimate of drug-likeness (QED) is 0.486. The first-order valence-electron chi connectivity index (χ1n) is 8.56. The number of aryl methyl sites for hydroxylation is 1. The van der Waals surface area contributed by atoms with Gasteiger partial charge in [0.1, 0.15) is 0 Å². The van der Waals surface area contributed by atoms with Gasteiger partial charge in [-0.25, -0.2) is 13.4 Å². The number of nitrogens with one attached hydrogen (secondary N) is 1. The lowest BCUT2D eigenvalue weighted by molar-refractivity contribution is -0.384. The van der Waals surface area contributed by atoms with E-state index in [4.69, 9.17) is 0 Å². The molecule has 0 aliphatic carbocycles. The van der Waals surface area contributed by atoms with Crippen molar-refractivity contribution >= 4 is 38.1 Å². The van der Waals surface area contributed by atoms with Gasteiger partial charge in [-0.3, -0.25) is 14.9 Å². The number of anilines is 1. The first-order valence-corrected chi connectivity index (χ1v) is 10.9. The zero-order valence-electron chi connectivity index (χ0n) is 15.8. The summed E-state index contributed by atoms with van der Waals surface area (Å²) in [5.74, 6) is -0.261. The number of hydrogen-bond donors (Lipinski definition) is 1. The third kappa shape index (κ3) is 5.81. The molecule has 0 unspecified atom stereocenters. The standard InChI is InChI=1S/C17H22N4O5S2/c1-12(2)8-9-20(10-16(22)19-17-18-13(3)11-27-17)28(25,26)15-6-4-14(5-7-15)21(23)24/h4-7,11-12H,8-10H2,1-3H3,(H,18,19,22). The van der Waals surface area contributed by atoms with E-state index in [1.165, 1.54) is 23.5 Å². The SMILES string of the molecule is Cc1csc(NC(=O)CN(CCC(C)C)S(=O)(=O)c2ccc([N+](=O)[O-])cc2)n1. The Balaban J connectivity index is 2.22. The van der Waals surface area contributed by atoms with Crippen molar-refractivity contribution in [3.8, 4) is 0 Å². The molecule has 0 saturated carbocycles. The number of amides is 1. The molecule has 0 spiro atoms. The number of non-ortho nitro benzene ring substituents is 1. The van der Waals surface area contributed by atoms with Crippen LogP contribution in [0.5, 0.6) is 0 Å². The molecule has 0 aliphatic rings. The summed E-state index contributed by atoms with van der Waals surface area (Å²) in [6.45, 7) is 5.48. The van der Waals surface area contributed by atoms with Crippen LogP contribution in [0.2, 0.25) is 0 Å². The molecule has 0 aliphatic heterocycles. The number of carbonyl (C=O) groups excluding carboxylic acids is 1. The topological polar surface area (TPSA) is 123 Å². The molecule has 9 nitrogen and oxygen atoms in total. The van der Waals surface area contributed by atoms with Crippen molar-refractivity contribution in [1.82, 2.24) is 9.29 Å². The largest absolute Gasteiger partial charge is 0.301 e. The number of nitro benzene ring substituents is 1. The van der Waals surface area contributed by atoms with Gasteiger partial charge in [-0.15, -0.1) is 11.3 Å². The van der Waals surface area contributed by atoms with Crippen LogP contribution in [0.25, 0.3) is 0 Å². The minimum atomic E-state index is -3.99. The summed E-state index contributed by atoms with van der Waals surface area (Å²) < 4.78 is 27.0. The summed E-state index contributed by atoms with van der Waals surface area (Å²) in [4.78, 5) is 26.6. The lowest BCUT2D eigenvalue weighted by atomic mass is 10.1. The Hall–Kier alpha value is -2.37. The lowest BCUT2D eigenvalue weighted by Gasteiger charge is -2.22. The van der Waals surface area contributed by atoms with E-state index in [0.29, 0.717) is 11.6 Å². The van der Waals surface area contributed by atoms with E-state index in [1.54, 1.807) is 12.3 Å². The van der Waals surface area contributed by atoms with Crippen LogP contribution >= 0.6 is 11.3 Å². The molecule has 1 heterocycles. The van der Waals surface area contributed by atoms with Gasteiger partial charge in [0.25, 0.3) is 5.69 Å². The van der Waals surface area contributed by atoms with E-state index in [2.05, 4.69) is 10.3 Å². The number of nitrogens with zero attached hydrogens (tertiary/aromatic N) is 3. The molecule has 28 heavy (non-hydrogen) atoms.